The zero-order valence-electron chi connectivity index (χ0n) is 16.0. The van der Waals surface area contributed by atoms with Gasteiger partial charge in [-0.15, -0.1) is 0 Å². The highest BCUT2D eigenvalue weighted by Gasteiger charge is 2.32. The molecule has 1 N–H and O–H groups in total. The number of methoxy groups -OCH3 is 1. The van der Waals surface area contributed by atoms with E-state index in [2.05, 4.69) is 5.32 Å². The van der Waals surface area contributed by atoms with Gasteiger partial charge in [0.1, 0.15) is 11.8 Å². The number of anilines is 2. The van der Waals surface area contributed by atoms with Crippen molar-refractivity contribution in [2.45, 2.75) is 26.3 Å². The number of rotatable bonds is 7. The second-order valence-electron chi connectivity index (χ2n) is 6.30. The first-order chi connectivity index (χ1) is 13.1. The van der Waals surface area contributed by atoms with E-state index in [1.807, 2.05) is 13.0 Å². The Hall–Kier alpha value is -1.96. The van der Waals surface area contributed by atoms with Crippen molar-refractivity contribution >= 4 is 50.5 Å². The number of carbonyl (C=O) groups excluding carboxylic acids is 1. The average Bonchev–Trinajstić information content (AvgIpc) is 2.57. The number of sulfonamides is 1. The Morgan fingerprint density at radius 3 is 2.29 bits per heavy atom. The molecule has 0 bridgehead atoms. The molecule has 28 heavy (non-hydrogen) atoms. The summed E-state index contributed by atoms with van der Waals surface area (Å²) < 4.78 is 31.4. The third kappa shape index (κ3) is 5.31. The molecule has 2 aromatic carbocycles. The van der Waals surface area contributed by atoms with Crippen LogP contribution in [0.15, 0.2) is 36.4 Å². The Balaban J connectivity index is 2.47. The molecule has 152 valence electrons. The molecule has 1 amide bonds. The van der Waals surface area contributed by atoms with E-state index < -0.39 is 22.0 Å². The summed E-state index contributed by atoms with van der Waals surface area (Å²) in [6.45, 7) is 3.60. The third-order valence-corrected chi connectivity index (χ3v) is 5.66. The molecule has 0 radical (unpaired) electrons. The number of nitrogens with zero attached hydrogens (tertiary/aromatic N) is 1. The van der Waals surface area contributed by atoms with Crippen LogP contribution in [0, 0.1) is 6.92 Å². The molecule has 0 heterocycles. The molecule has 0 aliphatic rings. The Kier molecular flexibility index (Phi) is 7.20. The van der Waals surface area contributed by atoms with E-state index >= 15 is 0 Å². The Morgan fingerprint density at radius 2 is 1.79 bits per heavy atom. The van der Waals surface area contributed by atoms with Gasteiger partial charge in [0.25, 0.3) is 0 Å². The fraction of sp³-hybridized carbons (Fsp3) is 0.316. The Morgan fingerprint density at radius 1 is 1.18 bits per heavy atom. The lowest BCUT2D eigenvalue weighted by molar-refractivity contribution is -0.117. The van der Waals surface area contributed by atoms with Gasteiger partial charge < -0.3 is 10.1 Å². The molecule has 9 heteroatoms. The van der Waals surface area contributed by atoms with Crippen molar-refractivity contribution < 1.29 is 17.9 Å². The second-order valence-corrected chi connectivity index (χ2v) is 9.04. The topological polar surface area (TPSA) is 75.7 Å². The Bertz CT molecular complexity index is 960. The first-order valence-electron chi connectivity index (χ1n) is 8.47. The fourth-order valence-corrected chi connectivity index (χ4v) is 4.57. The summed E-state index contributed by atoms with van der Waals surface area (Å²) in [4.78, 5) is 13.0. The summed E-state index contributed by atoms with van der Waals surface area (Å²) in [5, 5.41) is 3.31. The molecule has 1 atom stereocenters. The van der Waals surface area contributed by atoms with Gasteiger partial charge in [-0.05, 0) is 49.2 Å². The summed E-state index contributed by atoms with van der Waals surface area (Å²) in [6, 6.07) is 8.74. The van der Waals surface area contributed by atoms with E-state index in [9.17, 15) is 13.2 Å². The molecule has 0 saturated heterocycles. The third-order valence-electron chi connectivity index (χ3n) is 4.04. The number of hydrogen-bond acceptors (Lipinski definition) is 4. The first kappa shape index (κ1) is 22.3. The van der Waals surface area contributed by atoms with Crippen LogP contribution < -0.4 is 14.4 Å². The van der Waals surface area contributed by atoms with Crippen molar-refractivity contribution in [3.8, 4) is 5.75 Å². The number of hydrogen-bond donors (Lipinski definition) is 1. The highest BCUT2D eigenvalue weighted by atomic mass is 35.5. The molecule has 0 aliphatic heterocycles. The van der Waals surface area contributed by atoms with Gasteiger partial charge in [-0.2, -0.15) is 0 Å². The maximum Gasteiger partial charge on any atom is 0.248 e. The van der Waals surface area contributed by atoms with E-state index in [0.717, 1.165) is 16.1 Å². The molecule has 0 saturated carbocycles. The smallest absolute Gasteiger partial charge is 0.248 e. The highest BCUT2D eigenvalue weighted by Crippen LogP contribution is 2.31. The van der Waals surface area contributed by atoms with Gasteiger partial charge in [0.05, 0.1) is 24.7 Å². The number of aryl methyl sites for hydroxylation is 1. The van der Waals surface area contributed by atoms with Crippen molar-refractivity contribution in [3.05, 3.63) is 52.0 Å². The summed E-state index contributed by atoms with van der Waals surface area (Å²) >= 11 is 12.1. The summed E-state index contributed by atoms with van der Waals surface area (Å²) in [5.41, 5.74) is 1.60. The van der Waals surface area contributed by atoms with Gasteiger partial charge in [-0.25, -0.2) is 8.42 Å². The lowest BCUT2D eigenvalue weighted by Gasteiger charge is -2.30. The minimum absolute atomic E-state index is 0.221. The summed E-state index contributed by atoms with van der Waals surface area (Å²) in [6.07, 6.45) is 1.27. The van der Waals surface area contributed by atoms with E-state index in [1.54, 1.807) is 19.1 Å². The van der Waals surface area contributed by atoms with Crippen molar-refractivity contribution in [2.24, 2.45) is 0 Å². The molecule has 1 unspecified atom stereocenters. The molecule has 6 nitrogen and oxygen atoms in total. The van der Waals surface area contributed by atoms with Crippen molar-refractivity contribution in [1.29, 1.82) is 0 Å². The first-order valence-corrected chi connectivity index (χ1v) is 11.1. The van der Waals surface area contributed by atoms with Crippen LogP contribution in [0.1, 0.15) is 18.9 Å². The Labute approximate surface area is 175 Å². The normalized spacial score (nSPS) is 12.4. The van der Waals surface area contributed by atoms with Crippen LogP contribution in [0.2, 0.25) is 10.0 Å². The van der Waals surface area contributed by atoms with Crippen LogP contribution >= 0.6 is 23.2 Å². The molecule has 0 aliphatic carbocycles. The predicted octanol–water partition coefficient (Wildman–Crippen LogP) is 4.49. The van der Waals surface area contributed by atoms with E-state index in [1.165, 1.54) is 25.3 Å². The number of ether oxygens (including phenoxy) is 1. The molecule has 2 aromatic rings. The highest BCUT2D eigenvalue weighted by molar-refractivity contribution is 7.92. The fourth-order valence-electron chi connectivity index (χ4n) is 2.86. The lowest BCUT2D eigenvalue weighted by atomic mass is 10.1. The standard InChI is InChI=1S/C19H22Cl2N2O4S/c1-5-17(19(24)22-16-8-12(2)6-7-18(16)27-3)23(28(4,25)26)15-10-13(20)9-14(21)11-15/h6-11,17H,5H2,1-4H3,(H,22,24). The van der Waals surface area contributed by atoms with Gasteiger partial charge in [0, 0.05) is 10.0 Å². The van der Waals surface area contributed by atoms with Crippen molar-refractivity contribution in [3.63, 3.8) is 0 Å². The van der Waals surface area contributed by atoms with E-state index in [0.29, 0.717) is 11.4 Å². The SMILES string of the molecule is CCC(C(=O)Nc1cc(C)ccc1OC)N(c1cc(Cl)cc(Cl)c1)S(C)(=O)=O. The minimum atomic E-state index is -3.80. The lowest BCUT2D eigenvalue weighted by Crippen LogP contribution is -2.47. The second kappa shape index (κ2) is 9.03. The number of benzene rings is 2. The van der Waals surface area contributed by atoms with Crippen LogP contribution in [0.25, 0.3) is 0 Å². The minimum Gasteiger partial charge on any atom is -0.495 e. The van der Waals surface area contributed by atoms with Crippen LogP contribution in [-0.4, -0.2) is 33.7 Å². The quantitative estimate of drug-likeness (QED) is 0.681. The number of halogens is 2. The van der Waals surface area contributed by atoms with Gasteiger partial charge in [0.2, 0.25) is 15.9 Å². The summed E-state index contributed by atoms with van der Waals surface area (Å²) in [5.74, 6) is -0.0153. The van der Waals surface area contributed by atoms with Gasteiger partial charge in [-0.3, -0.25) is 9.10 Å². The molecule has 0 aromatic heterocycles. The zero-order chi connectivity index (χ0) is 21.1. The van der Waals surface area contributed by atoms with Crippen LogP contribution in [0.3, 0.4) is 0 Å². The predicted molar refractivity (Wildman–Crippen MR) is 114 cm³/mol. The zero-order valence-corrected chi connectivity index (χ0v) is 18.3. The molecule has 2 rings (SSSR count). The molecular formula is C19H22Cl2N2O4S. The maximum atomic E-state index is 13.0. The summed E-state index contributed by atoms with van der Waals surface area (Å²) in [7, 11) is -2.31. The van der Waals surface area contributed by atoms with E-state index in [4.69, 9.17) is 27.9 Å². The van der Waals surface area contributed by atoms with Gasteiger partial charge in [-0.1, -0.05) is 36.2 Å². The number of amides is 1. The largest absolute Gasteiger partial charge is 0.495 e. The maximum absolute atomic E-state index is 13.0. The number of carbonyl (C=O) groups is 1. The van der Waals surface area contributed by atoms with Crippen LogP contribution in [0.5, 0.6) is 5.75 Å². The van der Waals surface area contributed by atoms with Gasteiger partial charge in [0.15, 0.2) is 0 Å². The van der Waals surface area contributed by atoms with Crippen molar-refractivity contribution in [2.75, 3.05) is 23.0 Å². The molecule has 0 fully saturated rings. The number of nitrogens with one attached hydrogen (secondary N) is 1. The molecular weight excluding hydrogens is 423 g/mol. The average molecular weight is 445 g/mol. The van der Waals surface area contributed by atoms with Crippen LogP contribution in [0.4, 0.5) is 11.4 Å². The molecule has 0 spiro atoms. The van der Waals surface area contributed by atoms with Crippen molar-refractivity contribution in [1.82, 2.24) is 0 Å². The van der Waals surface area contributed by atoms with Gasteiger partial charge >= 0.3 is 0 Å². The van der Waals surface area contributed by atoms with E-state index in [-0.39, 0.29) is 22.2 Å². The van der Waals surface area contributed by atoms with Crippen LogP contribution in [-0.2, 0) is 14.8 Å². The monoisotopic (exact) mass is 444 g/mol.